The lowest BCUT2D eigenvalue weighted by molar-refractivity contribution is -0.138. The quantitative estimate of drug-likeness (QED) is 0.559. The first-order chi connectivity index (χ1) is 8.81. The molecule has 1 amide bonds. The van der Waals surface area contributed by atoms with Crippen molar-refractivity contribution in [2.75, 3.05) is 5.32 Å². The number of carbonyl (C=O) groups is 3. The van der Waals surface area contributed by atoms with Crippen LogP contribution in [0.5, 0.6) is 0 Å². The van der Waals surface area contributed by atoms with Gasteiger partial charge in [-0.05, 0) is 40.8 Å². The Hall–Kier alpha value is -1.68. The Morgan fingerprint density at radius 1 is 1.32 bits per heavy atom. The Bertz CT molecular complexity index is 532. The van der Waals surface area contributed by atoms with Crippen molar-refractivity contribution in [3.63, 3.8) is 0 Å². The number of halogens is 1. The van der Waals surface area contributed by atoms with Crippen molar-refractivity contribution in [2.45, 2.75) is 12.5 Å². The minimum atomic E-state index is -1.24. The van der Waals surface area contributed by atoms with Gasteiger partial charge >= 0.3 is 11.9 Å². The third kappa shape index (κ3) is 4.48. The first kappa shape index (κ1) is 15.4. The van der Waals surface area contributed by atoms with Crippen molar-refractivity contribution in [1.29, 1.82) is 0 Å². The maximum Gasteiger partial charge on any atom is 0.337 e. The number of nitrogens with two attached hydrogens (primary N) is 1. The molecular weight excluding hydrogens is 367 g/mol. The van der Waals surface area contributed by atoms with Crippen LogP contribution in [-0.2, 0) is 9.59 Å². The molecule has 5 N–H and O–H groups in total. The van der Waals surface area contributed by atoms with Crippen molar-refractivity contribution in [1.82, 2.24) is 0 Å². The Kier molecular flexibility index (Phi) is 5.24. The highest BCUT2D eigenvalue weighted by molar-refractivity contribution is 14.1. The summed E-state index contributed by atoms with van der Waals surface area (Å²) in [5.74, 6) is -3.14. The van der Waals surface area contributed by atoms with Crippen LogP contribution >= 0.6 is 22.6 Å². The molecule has 1 unspecified atom stereocenters. The van der Waals surface area contributed by atoms with Gasteiger partial charge in [0.15, 0.2) is 0 Å². The van der Waals surface area contributed by atoms with Gasteiger partial charge in [0, 0.05) is 3.57 Å². The predicted octanol–water partition coefficient (Wildman–Crippen LogP) is 0.730. The number of carboxylic acids is 2. The largest absolute Gasteiger partial charge is 0.481 e. The Morgan fingerprint density at radius 2 is 1.95 bits per heavy atom. The first-order valence-electron chi connectivity index (χ1n) is 5.12. The normalized spacial score (nSPS) is 11.7. The molecule has 0 bridgehead atoms. The van der Waals surface area contributed by atoms with Gasteiger partial charge in [0.05, 0.1) is 23.7 Å². The molecular formula is C11H11IN2O5. The molecule has 1 aromatic carbocycles. The number of rotatable bonds is 5. The highest BCUT2D eigenvalue weighted by atomic mass is 127. The molecule has 0 heterocycles. The van der Waals surface area contributed by atoms with Crippen molar-refractivity contribution in [3.05, 3.63) is 27.3 Å². The standard InChI is InChI=1S/C11H11IN2O5/c12-5-1-2-8(6(3-5)11(18)19)14-10(17)7(13)4-9(15)16/h1-3,7H,4,13H2,(H,14,17)(H,15,16)(H,18,19). The average Bonchev–Trinajstić information content (AvgIpc) is 2.30. The Labute approximate surface area is 121 Å². The highest BCUT2D eigenvalue weighted by Gasteiger charge is 2.19. The van der Waals surface area contributed by atoms with Gasteiger partial charge in [0.1, 0.15) is 0 Å². The molecule has 1 aromatic rings. The summed E-state index contributed by atoms with van der Waals surface area (Å²) < 4.78 is 0.697. The van der Waals surface area contributed by atoms with E-state index in [1.165, 1.54) is 12.1 Å². The number of carbonyl (C=O) groups excluding carboxylic acids is 1. The van der Waals surface area contributed by atoms with Gasteiger partial charge in [0.25, 0.3) is 0 Å². The topological polar surface area (TPSA) is 130 Å². The van der Waals surface area contributed by atoms with Crippen LogP contribution in [-0.4, -0.2) is 34.1 Å². The Balaban J connectivity index is 2.90. The van der Waals surface area contributed by atoms with E-state index < -0.39 is 30.3 Å². The van der Waals surface area contributed by atoms with Crippen molar-refractivity contribution < 1.29 is 24.6 Å². The molecule has 0 saturated carbocycles. The minimum absolute atomic E-state index is 0.0808. The van der Waals surface area contributed by atoms with E-state index >= 15 is 0 Å². The zero-order valence-electron chi connectivity index (χ0n) is 9.59. The number of benzene rings is 1. The fraction of sp³-hybridized carbons (Fsp3) is 0.182. The van der Waals surface area contributed by atoms with Gasteiger partial charge in [-0.25, -0.2) is 4.79 Å². The summed E-state index contributed by atoms with van der Waals surface area (Å²) in [6.07, 6.45) is -0.529. The highest BCUT2D eigenvalue weighted by Crippen LogP contribution is 2.19. The van der Waals surface area contributed by atoms with E-state index in [1.54, 1.807) is 6.07 Å². The molecule has 1 atom stereocenters. The molecule has 0 aliphatic rings. The summed E-state index contributed by atoms with van der Waals surface area (Å²) in [5, 5.41) is 19.8. The van der Waals surface area contributed by atoms with Crippen LogP contribution in [0.1, 0.15) is 16.8 Å². The van der Waals surface area contributed by atoms with E-state index in [-0.39, 0.29) is 11.3 Å². The maximum atomic E-state index is 11.6. The summed E-state index contributed by atoms with van der Waals surface area (Å²) in [5.41, 5.74) is 5.38. The molecule has 0 fully saturated rings. The molecule has 0 aliphatic carbocycles. The van der Waals surface area contributed by atoms with Gasteiger partial charge in [-0.2, -0.15) is 0 Å². The molecule has 102 valence electrons. The van der Waals surface area contributed by atoms with Crippen LogP contribution in [0.4, 0.5) is 5.69 Å². The monoisotopic (exact) mass is 378 g/mol. The number of carboxylic acid groups (broad SMARTS) is 2. The molecule has 0 saturated heterocycles. The van der Waals surface area contributed by atoms with Gasteiger partial charge < -0.3 is 21.3 Å². The number of nitrogens with one attached hydrogen (secondary N) is 1. The molecule has 0 radical (unpaired) electrons. The van der Waals surface area contributed by atoms with Gasteiger partial charge in [-0.1, -0.05) is 0 Å². The fourth-order valence-corrected chi connectivity index (χ4v) is 1.80. The lowest BCUT2D eigenvalue weighted by Gasteiger charge is -2.12. The van der Waals surface area contributed by atoms with Crippen LogP contribution in [0.2, 0.25) is 0 Å². The summed E-state index contributed by atoms with van der Waals surface area (Å²) in [7, 11) is 0. The maximum absolute atomic E-state index is 11.6. The van der Waals surface area contributed by atoms with Crippen LogP contribution in [0.25, 0.3) is 0 Å². The minimum Gasteiger partial charge on any atom is -0.481 e. The van der Waals surface area contributed by atoms with Crippen LogP contribution in [0, 0.1) is 3.57 Å². The number of amides is 1. The zero-order valence-corrected chi connectivity index (χ0v) is 11.7. The smallest absolute Gasteiger partial charge is 0.337 e. The number of aliphatic carboxylic acids is 1. The predicted molar refractivity (Wildman–Crippen MR) is 75.0 cm³/mol. The second-order valence-electron chi connectivity index (χ2n) is 3.69. The Morgan fingerprint density at radius 3 is 2.47 bits per heavy atom. The average molecular weight is 378 g/mol. The summed E-state index contributed by atoms with van der Waals surface area (Å²) in [4.78, 5) is 33.1. The second-order valence-corrected chi connectivity index (χ2v) is 4.93. The van der Waals surface area contributed by atoms with E-state index in [1.807, 2.05) is 22.6 Å². The van der Waals surface area contributed by atoms with Crippen LogP contribution in [0.3, 0.4) is 0 Å². The number of aromatic carboxylic acids is 1. The molecule has 1 rings (SSSR count). The van der Waals surface area contributed by atoms with Crippen molar-refractivity contribution in [2.24, 2.45) is 5.73 Å². The lowest BCUT2D eigenvalue weighted by atomic mass is 10.1. The summed E-state index contributed by atoms with van der Waals surface area (Å²) in [6, 6.07) is 3.20. The van der Waals surface area contributed by atoms with E-state index in [2.05, 4.69) is 5.32 Å². The molecule has 19 heavy (non-hydrogen) atoms. The van der Waals surface area contributed by atoms with Crippen LogP contribution < -0.4 is 11.1 Å². The second kappa shape index (κ2) is 6.48. The SMILES string of the molecule is NC(CC(=O)O)C(=O)Nc1ccc(I)cc1C(=O)O. The lowest BCUT2D eigenvalue weighted by Crippen LogP contribution is -2.37. The number of anilines is 1. The number of hydrogen-bond acceptors (Lipinski definition) is 4. The summed E-state index contributed by atoms with van der Waals surface area (Å²) >= 11 is 1.94. The van der Waals surface area contributed by atoms with Crippen molar-refractivity contribution >= 4 is 46.1 Å². The molecule has 0 aromatic heterocycles. The van der Waals surface area contributed by atoms with Crippen molar-refractivity contribution in [3.8, 4) is 0 Å². The van der Waals surface area contributed by atoms with E-state index in [0.717, 1.165) is 0 Å². The molecule has 8 heteroatoms. The fourth-order valence-electron chi connectivity index (χ4n) is 1.31. The summed E-state index contributed by atoms with van der Waals surface area (Å²) in [6.45, 7) is 0. The zero-order chi connectivity index (χ0) is 14.6. The third-order valence-corrected chi connectivity index (χ3v) is 2.87. The molecule has 7 nitrogen and oxygen atoms in total. The first-order valence-corrected chi connectivity index (χ1v) is 6.20. The van der Waals surface area contributed by atoms with E-state index in [4.69, 9.17) is 15.9 Å². The molecule has 0 aliphatic heterocycles. The van der Waals surface area contributed by atoms with E-state index in [0.29, 0.717) is 3.57 Å². The van der Waals surface area contributed by atoms with Crippen LogP contribution in [0.15, 0.2) is 18.2 Å². The van der Waals surface area contributed by atoms with E-state index in [9.17, 15) is 14.4 Å². The third-order valence-electron chi connectivity index (χ3n) is 2.20. The van der Waals surface area contributed by atoms with Gasteiger partial charge in [-0.3, -0.25) is 9.59 Å². The molecule has 0 spiro atoms. The van der Waals surface area contributed by atoms with Gasteiger partial charge in [-0.15, -0.1) is 0 Å². The van der Waals surface area contributed by atoms with Gasteiger partial charge in [0.2, 0.25) is 5.91 Å². The number of hydrogen-bond donors (Lipinski definition) is 4.